The van der Waals surface area contributed by atoms with Crippen molar-refractivity contribution in [2.45, 2.75) is 65.5 Å². The van der Waals surface area contributed by atoms with Crippen molar-refractivity contribution < 1.29 is 9.13 Å². The zero-order valence-corrected chi connectivity index (χ0v) is 20.4. The fourth-order valence-electron chi connectivity index (χ4n) is 4.09. The van der Waals surface area contributed by atoms with E-state index in [1.165, 1.54) is 33.0 Å². The third kappa shape index (κ3) is 5.24. The molecule has 0 N–H and O–H groups in total. The van der Waals surface area contributed by atoms with Crippen LogP contribution in [0.25, 0.3) is 10.8 Å². The van der Waals surface area contributed by atoms with Crippen LogP contribution >= 0.6 is 0 Å². The summed E-state index contributed by atoms with van der Waals surface area (Å²) in [5.74, 6) is 0. The molecular weight excluding hydrogens is 388 g/mol. The van der Waals surface area contributed by atoms with Crippen LogP contribution in [0.5, 0.6) is 0 Å². The summed E-state index contributed by atoms with van der Waals surface area (Å²) in [7, 11) is 0. The SMILES string of the molecule is CC(C)(C)c1cc[n+](Cc2ccc3ccc(C[n+]4ccc(C(C)(C)C)cc4)cc3c2)cc1. The lowest BCUT2D eigenvalue weighted by Crippen LogP contribution is -2.34. The van der Waals surface area contributed by atoms with Crippen molar-refractivity contribution in [2.75, 3.05) is 0 Å². The van der Waals surface area contributed by atoms with E-state index in [4.69, 9.17) is 0 Å². The van der Waals surface area contributed by atoms with Gasteiger partial charge in [-0.3, -0.25) is 0 Å². The van der Waals surface area contributed by atoms with Crippen molar-refractivity contribution in [2.24, 2.45) is 0 Å². The highest BCUT2D eigenvalue weighted by molar-refractivity contribution is 5.83. The second-order valence-electron chi connectivity index (χ2n) is 11.0. The lowest BCUT2D eigenvalue weighted by molar-refractivity contribution is -0.688. The predicted octanol–water partition coefficient (Wildman–Crippen LogP) is 6.11. The fraction of sp³-hybridized carbons (Fsp3) is 0.333. The van der Waals surface area contributed by atoms with Gasteiger partial charge < -0.3 is 0 Å². The number of benzene rings is 2. The average molecular weight is 425 g/mol. The molecule has 4 aromatic rings. The van der Waals surface area contributed by atoms with E-state index in [9.17, 15) is 0 Å². The number of hydrogen-bond acceptors (Lipinski definition) is 0. The maximum Gasteiger partial charge on any atom is 0.173 e. The van der Waals surface area contributed by atoms with Crippen LogP contribution in [0, 0.1) is 0 Å². The van der Waals surface area contributed by atoms with Crippen molar-refractivity contribution >= 4 is 10.8 Å². The zero-order valence-electron chi connectivity index (χ0n) is 20.4. The van der Waals surface area contributed by atoms with Crippen molar-refractivity contribution in [3.63, 3.8) is 0 Å². The maximum atomic E-state index is 2.33. The highest BCUT2D eigenvalue weighted by Gasteiger charge is 2.16. The van der Waals surface area contributed by atoms with E-state index in [2.05, 4.69) is 136 Å². The van der Waals surface area contributed by atoms with Gasteiger partial charge in [0, 0.05) is 35.4 Å². The molecule has 0 bridgehead atoms. The summed E-state index contributed by atoms with van der Waals surface area (Å²) in [5.41, 5.74) is 5.75. The third-order valence-electron chi connectivity index (χ3n) is 6.21. The van der Waals surface area contributed by atoms with Gasteiger partial charge in [-0.2, -0.15) is 0 Å². The Morgan fingerprint density at radius 3 is 1.22 bits per heavy atom. The molecule has 0 radical (unpaired) electrons. The van der Waals surface area contributed by atoms with Crippen LogP contribution in [0.3, 0.4) is 0 Å². The number of rotatable bonds is 4. The van der Waals surface area contributed by atoms with E-state index in [1.54, 1.807) is 0 Å². The first-order valence-corrected chi connectivity index (χ1v) is 11.6. The first-order chi connectivity index (χ1) is 15.1. The minimum absolute atomic E-state index is 0.184. The number of aromatic nitrogens is 2. The van der Waals surface area contributed by atoms with E-state index in [-0.39, 0.29) is 10.8 Å². The van der Waals surface area contributed by atoms with Gasteiger partial charge in [-0.1, -0.05) is 65.8 Å². The Hall–Kier alpha value is -3.00. The van der Waals surface area contributed by atoms with Crippen LogP contribution in [-0.2, 0) is 23.9 Å². The Morgan fingerprint density at radius 1 is 0.500 bits per heavy atom. The van der Waals surface area contributed by atoms with E-state index in [1.807, 2.05) is 0 Å². The summed E-state index contributed by atoms with van der Waals surface area (Å²) in [6, 6.07) is 22.6. The molecule has 0 unspecified atom stereocenters. The summed E-state index contributed by atoms with van der Waals surface area (Å²) in [6.45, 7) is 15.3. The molecule has 2 aromatic heterocycles. The van der Waals surface area contributed by atoms with Gasteiger partial charge in [-0.15, -0.1) is 0 Å². The second kappa shape index (κ2) is 8.50. The molecular formula is C30H36N2+2. The molecule has 0 spiro atoms. The minimum atomic E-state index is 0.184. The highest BCUT2D eigenvalue weighted by atomic mass is 14.9. The lowest BCUT2D eigenvalue weighted by Gasteiger charge is -2.17. The first kappa shape index (κ1) is 22.2. The molecule has 32 heavy (non-hydrogen) atoms. The molecule has 0 atom stereocenters. The number of nitrogens with zero attached hydrogens (tertiary/aromatic N) is 2. The molecule has 4 rings (SSSR count). The highest BCUT2D eigenvalue weighted by Crippen LogP contribution is 2.22. The Labute approximate surface area is 193 Å². The molecule has 0 amide bonds. The minimum Gasteiger partial charge on any atom is -0.201 e. The number of pyridine rings is 2. The Morgan fingerprint density at radius 2 is 0.875 bits per heavy atom. The van der Waals surface area contributed by atoms with Gasteiger partial charge in [-0.25, -0.2) is 9.13 Å². The maximum absolute atomic E-state index is 2.33. The van der Waals surface area contributed by atoms with Crippen LogP contribution in [0.15, 0.2) is 85.5 Å². The quantitative estimate of drug-likeness (QED) is 0.349. The smallest absolute Gasteiger partial charge is 0.173 e. The monoisotopic (exact) mass is 424 g/mol. The Kier molecular flexibility index (Phi) is 5.90. The Bertz CT molecular complexity index is 1110. The van der Waals surface area contributed by atoms with Crippen LogP contribution in [0.2, 0.25) is 0 Å². The first-order valence-electron chi connectivity index (χ1n) is 11.6. The fourth-order valence-corrected chi connectivity index (χ4v) is 4.09. The number of hydrogen-bond donors (Lipinski definition) is 0. The molecule has 2 nitrogen and oxygen atoms in total. The molecule has 0 fully saturated rings. The van der Waals surface area contributed by atoms with Gasteiger partial charge in [-0.05, 0) is 44.9 Å². The molecule has 2 heterocycles. The summed E-state index contributed by atoms with van der Waals surface area (Å²) in [6.07, 6.45) is 8.77. The molecule has 2 aromatic carbocycles. The van der Waals surface area contributed by atoms with Crippen molar-refractivity contribution in [1.29, 1.82) is 0 Å². The molecule has 2 heteroatoms. The summed E-state index contributed by atoms with van der Waals surface area (Å²) >= 11 is 0. The van der Waals surface area contributed by atoms with Crippen molar-refractivity contribution in [1.82, 2.24) is 0 Å². The normalized spacial score (nSPS) is 12.3. The molecule has 0 saturated carbocycles. The van der Waals surface area contributed by atoms with E-state index in [0.717, 1.165) is 13.1 Å². The van der Waals surface area contributed by atoms with Crippen LogP contribution in [-0.4, -0.2) is 0 Å². The van der Waals surface area contributed by atoms with Crippen molar-refractivity contribution in [3.8, 4) is 0 Å². The summed E-state index contributed by atoms with van der Waals surface area (Å²) in [4.78, 5) is 0. The molecule has 0 aliphatic heterocycles. The molecule has 0 aliphatic carbocycles. The summed E-state index contributed by atoms with van der Waals surface area (Å²) < 4.78 is 4.51. The van der Waals surface area contributed by atoms with E-state index < -0.39 is 0 Å². The molecule has 164 valence electrons. The Balaban J connectivity index is 1.52. The van der Waals surface area contributed by atoms with Crippen LogP contribution in [0.4, 0.5) is 0 Å². The van der Waals surface area contributed by atoms with E-state index in [0.29, 0.717) is 0 Å². The number of fused-ring (bicyclic) bond motifs is 1. The van der Waals surface area contributed by atoms with Gasteiger partial charge in [0.1, 0.15) is 0 Å². The standard InChI is InChI=1S/C30H36N2/c1-29(2,3)27-11-15-31(16-12-27)21-23-7-9-25-10-8-24(20-26(25)19-23)22-32-17-13-28(14-18-32)30(4,5)6/h7-20H,21-22H2,1-6H3/q+2. The lowest BCUT2D eigenvalue weighted by atomic mass is 9.88. The average Bonchev–Trinajstić information content (AvgIpc) is 2.73. The van der Waals surface area contributed by atoms with Gasteiger partial charge in [0.15, 0.2) is 37.9 Å². The van der Waals surface area contributed by atoms with Crippen LogP contribution < -0.4 is 9.13 Å². The third-order valence-corrected chi connectivity index (χ3v) is 6.21. The largest absolute Gasteiger partial charge is 0.201 e. The summed E-state index contributed by atoms with van der Waals surface area (Å²) in [5, 5.41) is 2.59. The van der Waals surface area contributed by atoms with Crippen molar-refractivity contribution in [3.05, 3.63) is 108 Å². The zero-order chi connectivity index (χ0) is 22.9. The van der Waals surface area contributed by atoms with E-state index >= 15 is 0 Å². The van der Waals surface area contributed by atoms with Gasteiger partial charge in [0.2, 0.25) is 0 Å². The predicted molar refractivity (Wildman–Crippen MR) is 133 cm³/mol. The topological polar surface area (TPSA) is 7.76 Å². The van der Waals surface area contributed by atoms with Gasteiger partial charge in [0.25, 0.3) is 0 Å². The molecule has 0 aliphatic rings. The second-order valence-corrected chi connectivity index (χ2v) is 11.0. The van der Waals surface area contributed by atoms with Gasteiger partial charge in [0.05, 0.1) is 0 Å². The van der Waals surface area contributed by atoms with Gasteiger partial charge >= 0.3 is 0 Å². The molecule has 0 saturated heterocycles. The van der Waals surface area contributed by atoms with Crippen LogP contribution in [0.1, 0.15) is 63.8 Å².